The van der Waals surface area contributed by atoms with Crippen molar-refractivity contribution in [3.63, 3.8) is 0 Å². The van der Waals surface area contributed by atoms with E-state index in [1.807, 2.05) is 0 Å². The average Bonchev–Trinajstić information content (AvgIpc) is 3.28. The summed E-state index contributed by atoms with van der Waals surface area (Å²) in [6.07, 6.45) is 7.81. The zero-order valence-electron chi connectivity index (χ0n) is 16.4. The summed E-state index contributed by atoms with van der Waals surface area (Å²) in [6, 6.07) is 4.31. The smallest absolute Gasteiger partial charge is 0.259 e. The molecule has 0 radical (unpaired) electrons. The second kappa shape index (κ2) is 8.74. The molecule has 1 fully saturated rings. The molecular weight excluding hydrogens is 409 g/mol. The molecule has 3 heterocycles. The van der Waals surface area contributed by atoms with Crippen molar-refractivity contribution >= 4 is 23.5 Å². The molecule has 10 heteroatoms. The van der Waals surface area contributed by atoms with Crippen molar-refractivity contribution < 1.29 is 9.18 Å². The Labute approximate surface area is 178 Å². The Kier molecular flexibility index (Phi) is 5.89. The predicted molar refractivity (Wildman–Crippen MR) is 110 cm³/mol. The number of piperidine rings is 1. The van der Waals surface area contributed by atoms with Crippen LogP contribution in [0.3, 0.4) is 0 Å². The van der Waals surface area contributed by atoms with E-state index in [-0.39, 0.29) is 23.4 Å². The van der Waals surface area contributed by atoms with Crippen molar-refractivity contribution in [2.24, 2.45) is 5.92 Å². The number of hydrogen-bond acceptors (Lipinski definition) is 6. The van der Waals surface area contributed by atoms with Gasteiger partial charge in [0.15, 0.2) is 0 Å². The zero-order valence-corrected chi connectivity index (χ0v) is 17.1. The Balaban J connectivity index is 1.61. The first-order chi connectivity index (χ1) is 14.5. The van der Waals surface area contributed by atoms with Gasteiger partial charge in [-0.25, -0.2) is 14.4 Å². The highest BCUT2D eigenvalue weighted by Gasteiger charge is 2.34. The Morgan fingerprint density at radius 3 is 2.73 bits per heavy atom. The van der Waals surface area contributed by atoms with Gasteiger partial charge < -0.3 is 10.2 Å². The molecule has 0 aliphatic carbocycles. The number of rotatable bonds is 5. The molecule has 2 unspecified atom stereocenters. The molecular formula is C20H21ClFN7O. The third kappa shape index (κ3) is 4.11. The van der Waals surface area contributed by atoms with Crippen LogP contribution in [0.1, 0.15) is 30.1 Å². The second-order valence-corrected chi connectivity index (χ2v) is 7.68. The summed E-state index contributed by atoms with van der Waals surface area (Å²) >= 11 is 5.83. The van der Waals surface area contributed by atoms with E-state index in [0.717, 1.165) is 12.8 Å². The van der Waals surface area contributed by atoms with E-state index in [9.17, 15) is 9.18 Å². The number of carbonyl (C=O) groups excluding carboxylic acids is 1. The summed E-state index contributed by atoms with van der Waals surface area (Å²) in [5, 5.41) is 11.7. The minimum atomic E-state index is -0.597. The van der Waals surface area contributed by atoms with E-state index in [4.69, 9.17) is 11.6 Å². The van der Waals surface area contributed by atoms with Crippen LogP contribution in [-0.2, 0) is 0 Å². The second-order valence-electron chi connectivity index (χ2n) is 7.24. The topological polar surface area (TPSA) is 88.8 Å². The van der Waals surface area contributed by atoms with E-state index in [0.29, 0.717) is 29.7 Å². The van der Waals surface area contributed by atoms with Crippen LogP contribution in [0.5, 0.6) is 0 Å². The molecule has 30 heavy (non-hydrogen) atoms. The van der Waals surface area contributed by atoms with E-state index < -0.39 is 5.82 Å². The van der Waals surface area contributed by atoms with E-state index in [1.165, 1.54) is 35.7 Å². The summed E-state index contributed by atoms with van der Waals surface area (Å²) in [4.78, 5) is 24.8. The van der Waals surface area contributed by atoms with Crippen LogP contribution in [0.2, 0.25) is 5.02 Å². The molecule has 1 amide bonds. The summed E-state index contributed by atoms with van der Waals surface area (Å²) in [5.74, 6) is -0.325. The third-order valence-electron chi connectivity index (χ3n) is 5.31. The van der Waals surface area contributed by atoms with Crippen molar-refractivity contribution in [2.75, 3.05) is 18.4 Å². The lowest BCUT2D eigenvalue weighted by Crippen LogP contribution is -2.51. The highest BCUT2D eigenvalue weighted by Crippen LogP contribution is 2.28. The Hall–Kier alpha value is -3.07. The molecule has 1 aliphatic heterocycles. The number of nitrogens with zero attached hydrogens (tertiary/aromatic N) is 6. The zero-order chi connectivity index (χ0) is 21.1. The number of benzene rings is 1. The Bertz CT molecular complexity index is 1010. The normalized spacial score (nSPS) is 19.0. The van der Waals surface area contributed by atoms with Crippen molar-refractivity contribution in [3.8, 4) is 5.69 Å². The van der Waals surface area contributed by atoms with Gasteiger partial charge in [-0.05, 0) is 30.9 Å². The van der Waals surface area contributed by atoms with Crippen LogP contribution in [-0.4, -0.2) is 54.9 Å². The van der Waals surface area contributed by atoms with Crippen LogP contribution in [0.15, 0.2) is 43.0 Å². The fourth-order valence-corrected chi connectivity index (χ4v) is 3.88. The fraction of sp³-hybridized carbons (Fsp3) is 0.350. The minimum absolute atomic E-state index is 0.0319. The molecule has 8 nitrogen and oxygen atoms in total. The lowest BCUT2D eigenvalue weighted by atomic mass is 9.90. The Morgan fingerprint density at radius 1 is 1.27 bits per heavy atom. The molecule has 3 aromatic rings. The maximum Gasteiger partial charge on any atom is 0.259 e. The van der Waals surface area contributed by atoms with Crippen molar-refractivity contribution in [2.45, 2.75) is 25.8 Å². The number of nitrogens with one attached hydrogen (secondary N) is 1. The standard InChI is InChI=1S/C20H21ClFN7O/c1-13-4-3-9-28(17(13)12-25-20-23-10-14(21)11-24-20)19(30)18-15(22)5-2-6-16(18)29-26-7-8-27-29/h2,5-8,10-11,13,17H,3-4,9,12H2,1H3,(H,23,24,25). The first-order valence-electron chi connectivity index (χ1n) is 9.72. The molecule has 1 N–H and O–H groups in total. The van der Waals surface area contributed by atoms with Crippen LogP contribution in [0.4, 0.5) is 10.3 Å². The van der Waals surface area contributed by atoms with Gasteiger partial charge in [-0.1, -0.05) is 24.6 Å². The highest BCUT2D eigenvalue weighted by atomic mass is 35.5. The van der Waals surface area contributed by atoms with Gasteiger partial charge in [0.1, 0.15) is 17.1 Å². The average molecular weight is 430 g/mol. The summed E-state index contributed by atoms with van der Waals surface area (Å²) in [5.41, 5.74) is 0.284. The van der Waals surface area contributed by atoms with E-state index in [1.54, 1.807) is 17.0 Å². The van der Waals surface area contributed by atoms with Gasteiger partial charge in [-0.3, -0.25) is 4.79 Å². The largest absolute Gasteiger partial charge is 0.352 e. The number of aromatic nitrogens is 5. The first-order valence-corrected chi connectivity index (χ1v) is 10.1. The van der Waals surface area contributed by atoms with Crippen LogP contribution >= 0.6 is 11.6 Å². The highest BCUT2D eigenvalue weighted by molar-refractivity contribution is 6.30. The summed E-state index contributed by atoms with van der Waals surface area (Å²) in [6.45, 7) is 3.07. The van der Waals surface area contributed by atoms with Crippen LogP contribution in [0, 0.1) is 11.7 Å². The third-order valence-corrected chi connectivity index (χ3v) is 5.50. The fourth-order valence-electron chi connectivity index (χ4n) is 3.79. The number of halogens is 2. The molecule has 0 saturated carbocycles. The summed E-state index contributed by atoms with van der Waals surface area (Å²) < 4.78 is 14.8. The van der Waals surface area contributed by atoms with Crippen LogP contribution in [0.25, 0.3) is 5.69 Å². The molecule has 1 aliphatic rings. The SMILES string of the molecule is CC1CCCN(C(=O)c2c(F)cccc2-n2nccn2)C1CNc1ncc(Cl)cn1. The summed E-state index contributed by atoms with van der Waals surface area (Å²) in [7, 11) is 0. The van der Waals surface area contributed by atoms with Gasteiger partial charge in [0.05, 0.1) is 35.9 Å². The van der Waals surface area contributed by atoms with Crippen molar-refractivity contribution in [1.82, 2.24) is 29.9 Å². The number of likely N-dealkylation sites (tertiary alicyclic amines) is 1. The lowest BCUT2D eigenvalue weighted by molar-refractivity contribution is 0.0535. The molecule has 4 rings (SSSR count). The molecule has 1 saturated heterocycles. The maximum atomic E-state index is 14.8. The quantitative estimate of drug-likeness (QED) is 0.670. The number of amides is 1. The van der Waals surface area contributed by atoms with Crippen molar-refractivity contribution in [3.05, 3.63) is 59.4 Å². The monoisotopic (exact) mass is 429 g/mol. The number of anilines is 1. The van der Waals surface area contributed by atoms with Crippen LogP contribution < -0.4 is 5.32 Å². The maximum absolute atomic E-state index is 14.8. The van der Waals surface area contributed by atoms with E-state index in [2.05, 4.69) is 32.4 Å². The predicted octanol–water partition coefficient (Wildman–Crippen LogP) is 3.20. The van der Waals surface area contributed by atoms with Gasteiger partial charge in [-0.15, -0.1) is 0 Å². The van der Waals surface area contributed by atoms with Crippen molar-refractivity contribution in [1.29, 1.82) is 0 Å². The van der Waals surface area contributed by atoms with Gasteiger partial charge >= 0.3 is 0 Å². The molecule has 0 spiro atoms. The molecule has 1 aromatic carbocycles. The molecule has 0 bridgehead atoms. The van der Waals surface area contributed by atoms with Gasteiger partial charge in [0.25, 0.3) is 5.91 Å². The number of carbonyl (C=O) groups is 1. The minimum Gasteiger partial charge on any atom is -0.352 e. The van der Waals surface area contributed by atoms with Gasteiger partial charge in [0.2, 0.25) is 5.95 Å². The van der Waals surface area contributed by atoms with Gasteiger partial charge in [0, 0.05) is 13.1 Å². The molecule has 2 aromatic heterocycles. The molecule has 156 valence electrons. The first kappa shape index (κ1) is 20.2. The van der Waals surface area contributed by atoms with E-state index >= 15 is 0 Å². The molecule has 2 atom stereocenters. The van der Waals surface area contributed by atoms with Gasteiger partial charge in [-0.2, -0.15) is 15.0 Å². The lowest BCUT2D eigenvalue weighted by Gasteiger charge is -2.40. The number of hydrogen-bond donors (Lipinski definition) is 1. The Morgan fingerprint density at radius 2 is 2.00 bits per heavy atom.